The second-order valence-corrected chi connectivity index (χ2v) is 5.94. The first-order chi connectivity index (χ1) is 6.79. The van der Waals surface area contributed by atoms with E-state index in [0.717, 1.165) is 26.0 Å². The Bertz CT molecular complexity index is 196. The first-order valence-corrected chi connectivity index (χ1v) is 5.82. The number of nitrogens with two attached hydrogens (primary N) is 1. The number of ether oxygens (including phenoxy) is 1. The van der Waals surface area contributed by atoms with Crippen molar-refractivity contribution in [2.45, 2.75) is 57.7 Å². The monoisotopic (exact) mass is 214 g/mol. The number of hydrogen-bond donors (Lipinski definition) is 1. The summed E-state index contributed by atoms with van der Waals surface area (Å²) in [7, 11) is 1.76. The van der Waals surface area contributed by atoms with Crippen molar-refractivity contribution in [1.29, 1.82) is 0 Å². The molecule has 90 valence electrons. The highest BCUT2D eigenvalue weighted by Crippen LogP contribution is 2.37. The molecule has 0 aromatic heterocycles. The van der Waals surface area contributed by atoms with Crippen molar-refractivity contribution in [1.82, 2.24) is 4.90 Å². The van der Waals surface area contributed by atoms with E-state index in [9.17, 15) is 0 Å². The number of likely N-dealkylation sites (tertiary alicyclic amines) is 1. The minimum absolute atomic E-state index is 0.180. The van der Waals surface area contributed by atoms with Crippen LogP contribution in [0, 0.1) is 0 Å². The maximum absolute atomic E-state index is 6.12. The lowest BCUT2D eigenvalue weighted by molar-refractivity contribution is -0.0471. The zero-order valence-corrected chi connectivity index (χ0v) is 10.8. The van der Waals surface area contributed by atoms with Gasteiger partial charge in [0.1, 0.15) is 0 Å². The van der Waals surface area contributed by atoms with Crippen molar-refractivity contribution < 1.29 is 4.74 Å². The maximum atomic E-state index is 6.12. The quantitative estimate of drug-likeness (QED) is 0.776. The second kappa shape index (κ2) is 4.40. The zero-order valence-electron chi connectivity index (χ0n) is 10.8. The van der Waals surface area contributed by atoms with Gasteiger partial charge in [0, 0.05) is 30.8 Å². The van der Waals surface area contributed by atoms with Crippen LogP contribution in [-0.4, -0.2) is 42.3 Å². The number of nitrogens with zero attached hydrogens (tertiary/aromatic N) is 1. The van der Waals surface area contributed by atoms with Crippen molar-refractivity contribution in [3.8, 4) is 0 Å². The molecule has 0 aromatic rings. The SMILES string of the molecule is COCCN1C(C)(C)CC(N)CC1(C)C. The summed E-state index contributed by atoms with van der Waals surface area (Å²) in [6.07, 6.45) is 2.14. The lowest BCUT2D eigenvalue weighted by Crippen LogP contribution is -2.63. The van der Waals surface area contributed by atoms with E-state index in [2.05, 4.69) is 32.6 Å². The molecule has 1 aliphatic rings. The summed E-state index contributed by atoms with van der Waals surface area (Å²) in [4.78, 5) is 2.53. The first-order valence-electron chi connectivity index (χ1n) is 5.82. The van der Waals surface area contributed by atoms with Gasteiger partial charge in [0.25, 0.3) is 0 Å². The van der Waals surface area contributed by atoms with Crippen LogP contribution in [0.2, 0.25) is 0 Å². The highest BCUT2D eigenvalue weighted by Gasteiger charge is 2.43. The lowest BCUT2D eigenvalue weighted by Gasteiger charge is -2.54. The summed E-state index contributed by atoms with van der Waals surface area (Å²) in [5.74, 6) is 0. The third-order valence-corrected chi connectivity index (χ3v) is 3.50. The molecular weight excluding hydrogens is 188 g/mol. The van der Waals surface area contributed by atoms with Gasteiger partial charge in [-0.15, -0.1) is 0 Å². The van der Waals surface area contributed by atoms with Crippen molar-refractivity contribution in [3.05, 3.63) is 0 Å². The fourth-order valence-corrected chi connectivity index (χ4v) is 3.18. The van der Waals surface area contributed by atoms with E-state index in [0.29, 0.717) is 6.04 Å². The molecule has 1 heterocycles. The van der Waals surface area contributed by atoms with Crippen LogP contribution in [0.25, 0.3) is 0 Å². The average molecular weight is 214 g/mol. The van der Waals surface area contributed by atoms with Crippen LogP contribution in [0.3, 0.4) is 0 Å². The van der Waals surface area contributed by atoms with Gasteiger partial charge in [-0.05, 0) is 40.5 Å². The van der Waals surface area contributed by atoms with Gasteiger partial charge in [0.2, 0.25) is 0 Å². The second-order valence-electron chi connectivity index (χ2n) is 5.94. The predicted octanol–water partition coefficient (Wildman–Crippen LogP) is 1.61. The lowest BCUT2D eigenvalue weighted by atomic mass is 9.77. The van der Waals surface area contributed by atoms with E-state index in [-0.39, 0.29) is 11.1 Å². The Morgan fingerprint density at radius 1 is 1.20 bits per heavy atom. The van der Waals surface area contributed by atoms with Crippen molar-refractivity contribution >= 4 is 0 Å². The van der Waals surface area contributed by atoms with Crippen molar-refractivity contribution in [2.75, 3.05) is 20.3 Å². The van der Waals surface area contributed by atoms with Gasteiger partial charge in [-0.25, -0.2) is 0 Å². The van der Waals surface area contributed by atoms with Gasteiger partial charge in [0.05, 0.1) is 6.61 Å². The summed E-state index contributed by atoms with van der Waals surface area (Å²) < 4.78 is 5.19. The molecule has 1 fully saturated rings. The minimum atomic E-state index is 0.180. The van der Waals surface area contributed by atoms with Crippen LogP contribution in [0.5, 0.6) is 0 Å². The first kappa shape index (κ1) is 12.9. The predicted molar refractivity (Wildman–Crippen MR) is 63.9 cm³/mol. The van der Waals surface area contributed by atoms with Crippen LogP contribution < -0.4 is 5.73 Å². The Hall–Kier alpha value is -0.120. The molecule has 0 aliphatic carbocycles. The molecule has 0 spiro atoms. The molecule has 1 rings (SSSR count). The van der Waals surface area contributed by atoms with Crippen LogP contribution in [0.15, 0.2) is 0 Å². The Morgan fingerprint density at radius 2 is 1.67 bits per heavy atom. The minimum Gasteiger partial charge on any atom is -0.383 e. The van der Waals surface area contributed by atoms with E-state index >= 15 is 0 Å². The van der Waals surface area contributed by atoms with Crippen LogP contribution in [0.1, 0.15) is 40.5 Å². The van der Waals surface area contributed by atoms with Crippen molar-refractivity contribution in [2.24, 2.45) is 5.73 Å². The average Bonchev–Trinajstić information content (AvgIpc) is 1.98. The Labute approximate surface area is 94.0 Å². The summed E-state index contributed by atoms with van der Waals surface area (Å²) in [5, 5.41) is 0. The molecule has 1 saturated heterocycles. The Balaban J connectivity index is 2.77. The molecule has 0 amide bonds. The number of rotatable bonds is 3. The highest BCUT2D eigenvalue weighted by atomic mass is 16.5. The fourth-order valence-electron chi connectivity index (χ4n) is 3.18. The number of methoxy groups -OCH3 is 1. The summed E-state index contributed by atoms with van der Waals surface area (Å²) in [6.45, 7) is 10.9. The Kier molecular flexibility index (Phi) is 3.80. The summed E-state index contributed by atoms with van der Waals surface area (Å²) >= 11 is 0. The van der Waals surface area contributed by atoms with Gasteiger partial charge >= 0.3 is 0 Å². The van der Waals surface area contributed by atoms with Gasteiger partial charge in [-0.3, -0.25) is 4.90 Å². The smallest absolute Gasteiger partial charge is 0.0590 e. The molecule has 2 N–H and O–H groups in total. The van der Waals surface area contributed by atoms with Gasteiger partial charge in [0.15, 0.2) is 0 Å². The summed E-state index contributed by atoms with van der Waals surface area (Å²) in [5.41, 5.74) is 6.48. The maximum Gasteiger partial charge on any atom is 0.0590 e. The number of piperidine rings is 1. The number of hydrogen-bond acceptors (Lipinski definition) is 3. The Morgan fingerprint density at radius 3 is 2.07 bits per heavy atom. The molecule has 0 unspecified atom stereocenters. The third-order valence-electron chi connectivity index (χ3n) is 3.50. The molecule has 3 nitrogen and oxygen atoms in total. The molecule has 0 aromatic carbocycles. The molecular formula is C12H26N2O. The zero-order chi connectivity index (χ0) is 11.7. The highest BCUT2D eigenvalue weighted by molar-refractivity contribution is 5.01. The standard InChI is InChI=1S/C12H26N2O/c1-11(2)8-10(13)9-12(3,4)14(11)6-7-15-5/h10H,6-9,13H2,1-5H3. The molecule has 0 radical (unpaired) electrons. The van der Waals surface area contributed by atoms with E-state index in [1.807, 2.05) is 0 Å². The van der Waals surface area contributed by atoms with Gasteiger partial charge in [-0.2, -0.15) is 0 Å². The molecule has 15 heavy (non-hydrogen) atoms. The molecule has 0 atom stereocenters. The van der Waals surface area contributed by atoms with E-state index < -0.39 is 0 Å². The van der Waals surface area contributed by atoms with Crippen LogP contribution >= 0.6 is 0 Å². The van der Waals surface area contributed by atoms with E-state index in [1.165, 1.54) is 0 Å². The topological polar surface area (TPSA) is 38.5 Å². The molecule has 0 bridgehead atoms. The van der Waals surface area contributed by atoms with E-state index in [4.69, 9.17) is 10.5 Å². The third kappa shape index (κ3) is 2.92. The van der Waals surface area contributed by atoms with Gasteiger partial charge < -0.3 is 10.5 Å². The summed E-state index contributed by atoms with van der Waals surface area (Å²) in [6, 6.07) is 0.328. The molecule has 3 heteroatoms. The largest absolute Gasteiger partial charge is 0.383 e. The molecule has 1 aliphatic heterocycles. The van der Waals surface area contributed by atoms with Crippen molar-refractivity contribution in [3.63, 3.8) is 0 Å². The van der Waals surface area contributed by atoms with Gasteiger partial charge in [-0.1, -0.05) is 0 Å². The molecule has 0 saturated carbocycles. The van der Waals surface area contributed by atoms with Crippen LogP contribution in [0.4, 0.5) is 0 Å². The van der Waals surface area contributed by atoms with E-state index in [1.54, 1.807) is 7.11 Å². The fraction of sp³-hybridized carbons (Fsp3) is 1.00. The normalized spacial score (nSPS) is 26.8. The van der Waals surface area contributed by atoms with Crippen LogP contribution in [-0.2, 0) is 4.74 Å².